The molecular weight excluding hydrogens is 456 g/mol. The zero-order valence-electron chi connectivity index (χ0n) is 19.8. The Hall–Kier alpha value is -3.59. The lowest BCUT2D eigenvalue weighted by Gasteiger charge is -2.14. The Labute approximate surface area is 202 Å². The van der Waals surface area contributed by atoms with Crippen molar-refractivity contribution in [2.75, 3.05) is 11.9 Å². The number of thiophene rings is 1. The monoisotopic (exact) mass is 484 g/mol. The smallest absolute Gasteiger partial charge is 0.341 e. The van der Waals surface area contributed by atoms with Crippen LogP contribution in [0, 0.1) is 13.8 Å². The second-order valence-corrected chi connectivity index (χ2v) is 9.07. The molecule has 0 saturated carbocycles. The highest BCUT2D eigenvalue weighted by atomic mass is 32.1. The molecule has 0 fully saturated rings. The van der Waals surface area contributed by atoms with Crippen molar-refractivity contribution in [1.29, 1.82) is 0 Å². The third-order valence-corrected chi connectivity index (χ3v) is 6.35. The molecule has 180 valence electrons. The van der Waals surface area contributed by atoms with Crippen molar-refractivity contribution in [1.82, 2.24) is 0 Å². The minimum absolute atomic E-state index is 0.0356. The summed E-state index contributed by atoms with van der Waals surface area (Å²) in [4.78, 5) is 37.1. The molecule has 0 bridgehead atoms. The van der Waals surface area contributed by atoms with E-state index in [0.29, 0.717) is 17.2 Å². The van der Waals surface area contributed by atoms with Gasteiger partial charge in [-0.1, -0.05) is 26.0 Å². The van der Waals surface area contributed by atoms with E-state index in [0.717, 1.165) is 28.2 Å². The number of anilines is 1. The van der Waals surface area contributed by atoms with E-state index in [9.17, 15) is 14.4 Å². The van der Waals surface area contributed by atoms with Crippen LogP contribution in [-0.2, 0) is 11.3 Å². The predicted molar refractivity (Wildman–Crippen MR) is 130 cm³/mol. The fourth-order valence-corrected chi connectivity index (χ4v) is 4.46. The number of primary amides is 1. The molecule has 3 rings (SSSR count). The average Bonchev–Trinajstić information content (AvgIpc) is 3.37. The van der Waals surface area contributed by atoms with E-state index < -0.39 is 17.8 Å². The minimum atomic E-state index is -0.692. The summed E-state index contributed by atoms with van der Waals surface area (Å²) >= 11 is 0.918. The summed E-state index contributed by atoms with van der Waals surface area (Å²) in [5.41, 5.74) is 8.04. The van der Waals surface area contributed by atoms with Gasteiger partial charge in [0.05, 0.1) is 17.0 Å². The van der Waals surface area contributed by atoms with E-state index in [1.54, 1.807) is 19.9 Å². The van der Waals surface area contributed by atoms with Crippen LogP contribution in [-0.4, -0.2) is 24.4 Å². The van der Waals surface area contributed by atoms with E-state index in [2.05, 4.69) is 19.2 Å². The third kappa shape index (κ3) is 5.48. The van der Waals surface area contributed by atoms with Gasteiger partial charge in [-0.05, 0) is 61.6 Å². The number of hydrogen-bond donors (Lipinski definition) is 2. The van der Waals surface area contributed by atoms with Crippen molar-refractivity contribution >= 4 is 34.1 Å². The summed E-state index contributed by atoms with van der Waals surface area (Å²) in [7, 11) is 0. The molecule has 0 aliphatic carbocycles. The molecule has 0 aliphatic heterocycles. The van der Waals surface area contributed by atoms with Crippen LogP contribution in [0.1, 0.15) is 79.7 Å². The molecular formula is C25H28N2O6S. The molecule has 0 aliphatic rings. The molecule has 0 atom stereocenters. The van der Waals surface area contributed by atoms with Crippen molar-refractivity contribution in [3.63, 3.8) is 0 Å². The van der Waals surface area contributed by atoms with Gasteiger partial charge >= 0.3 is 5.97 Å². The van der Waals surface area contributed by atoms with E-state index in [-0.39, 0.29) is 34.4 Å². The van der Waals surface area contributed by atoms with Gasteiger partial charge in [-0.25, -0.2) is 4.79 Å². The number of carbonyl (C=O) groups excluding carboxylic acids is 3. The number of hydrogen-bond acceptors (Lipinski definition) is 7. The second kappa shape index (κ2) is 10.6. The van der Waals surface area contributed by atoms with Gasteiger partial charge < -0.3 is 24.9 Å². The summed E-state index contributed by atoms with van der Waals surface area (Å²) in [6, 6.07) is 9.23. The van der Waals surface area contributed by atoms with Crippen LogP contribution in [0.2, 0.25) is 0 Å². The summed E-state index contributed by atoms with van der Waals surface area (Å²) in [5, 5.41) is 2.81. The Kier molecular flexibility index (Phi) is 7.78. The van der Waals surface area contributed by atoms with E-state index in [1.807, 2.05) is 25.1 Å². The second-order valence-electron chi connectivity index (χ2n) is 8.05. The maximum absolute atomic E-state index is 12.8. The van der Waals surface area contributed by atoms with Gasteiger partial charge in [0.15, 0.2) is 5.76 Å². The van der Waals surface area contributed by atoms with Gasteiger partial charge in [0.1, 0.15) is 23.1 Å². The van der Waals surface area contributed by atoms with Crippen LogP contribution in [0.3, 0.4) is 0 Å². The van der Waals surface area contributed by atoms with E-state index in [4.69, 9.17) is 19.6 Å². The highest BCUT2D eigenvalue weighted by molar-refractivity contribution is 7.18. The number of carbonyl (C=O) groups is 3. The average molecular weight is 485 g/mol. The van der Waals surface area contributed by atoms with Crippen LogP contribution in [0.5, 0.6) is 5.75 Å². The molecule has 2 amide bonds. The van der Waals surface area contributed by atoms with Crippen LogP contribution in [0.4, 0.5) is 5.00 Å². The van der Waals surface area contributed by atoms with E-state index in [1.165, 1.54) is 6.07 Å². The lowest BCUT2D eigenvalue weighted by molar-refractivity contribution is 0.0527. The molecule has 0 radical (unpaired) electrons. The third-order valence-electron chi connectivity index (χ3n) is 5.12. The number of nitrogens with two attached hydrogens (primary N) is 1. The van der Waals surface area contributed by atoms with Gasteiger partial charge in [-0.3, -0.25) is 9.59 Å². The maximum atomic E-state index is 12.8. The normalized spacial score (nSPS) is 10.9. The maximum Gasteiger partial charge on any atom is 0.341 e. The summed E-state index contributed by atoms with van der Waals surface area (Å²) in [5.74, 6) is -0.353. The quantitative estimate of drug-likeness (QED) is 0.403. The van der Waals surface area contributed by atoms with Gasteiger partial charge in [0.2, 0.25) is 0 Å². The van der Waals surface area contributed by atoms with Crippen LogP contribution in [0.25, 0.3) is 0 Å². The van der Waals surface area contributed by atoms with Crippen molar-refractivity contribution < 1.29 is 28.3 Å². The first-order valence-electron chi connectivity index (χ1n) is 10.9. The Morgan fingerprint density at radius 3 is 2.53 bits per heavy atom. The van der Waals surface area contributed by atoms with Crippen molar-refractivity contribution in [3.05, 3.63) is 69.0 Å². The molecule has 34 heavy (non-hydrogen) atoms. The largest absolute Gasteiger partial charge is 0.485 e. The first-order chi connectivity index (χ1) is 16.1. The highest BCUT2D eigenvalue weighted by Crippen LogP contribution is 2.34. The van der Waals surface area contributed by atoms with E-state index >= 15 is 0 Å². The number of aryl methyl sites for hydroxylation is 1. The fourth-order valence-electron chi connectivity index (χ4n) is 3.42. The lowest BCUT2D eigenvalue weighted by atomic mass is 10.0. The molecule has 9 heteroatoms. The summed E-state index contributed by atoms with van der Waals surface area (Å²) in [6.45, 7) is 9.72. The molecule has 3 aromatic rings. The molecule has 8 nitrogen and oxygen atoms in total. The molecule has 0 unspecified atom stereocenters. The van der Waals surface area contributed by atoms with Crippen LogP contribution < -0.4 is 15.8 Å². The van der Waals surface area contributed by atoms with Crippen molar-refractivity contribution in [3.8, 4) is 5.75 Å². The number of furan rings is 1. The number of esters is 1. The van der Waals surface area contributed by atoms with Gasteiger partial charge in [0, 0.05) is 0 Å². The number of rotatable bonds is 9. The first kappa shape index (κ1) is 25.0. The lowest BCUT2D eigenvalue weighted by Crippen LogP contribution is -2.14. The predicted octanol–water partition coefficient (Wildman–Crippen LogP) is 5.19. The van der Waals surface area contributed by atoms with Crippen LogP contribution in [0.15, 0.2) is 34.7 Å². The van der Waals surface area contributed by atoms with Gasteiger partial charge in [0.25, 0.3) is 11.8 Å². The molecule has 3 N–H and O–H groups in total. The molecule has 2 heterocycles. The Morgan fingerprint density at radius 1 is 1.15 bits per heavy atom. The highest BCUT2D eigenvalue weighted by Gasteiger charge is 2.26. The summed E-state index contributed by atoms with van der Waals surface area (Å²) in [6.07, 6.45) is 0. The number of benzene rings is 1. The van der Waals surface area contributed by atoms with Crippen LogP contribution >= 0.6 is 11.3 Å². The molecule has 2 aromatic heterocycles. The Morgan fingerprint density at radius 2 is 1.88 bits per heavy atom. The van der Waals surface area contributed by atoms with Gasteiger partial charge in [-0.2, -0.15) is 0 Å². The van der Waals surface area contributed by atoms with Crippen molar-refractivity contribution in [2.45, 2.75) is 47.1 Å². The standard InChI is InChI=1S/C25H28N2O6S/c1-6-31-25(30)20-15(5)21(22(26)28)34-24(20)27-23(29)18-10-8-16(33-18)12-32-19-11-14(4)7-9-17(19)13(2)3/h7-11,13H,6,12H2,1-5H3,(H2,26,28)(H,27,29). The zero-order valence-corrected chi connectivity index (χ0v) is 20.6. The fraction of sp³-hybridized carbons (Fsp3) is 0.320. The zero-order chi connectivity index (χ0) is 25.0. The Balaban J connectivity index is 1.77. The van der Waals surface area contributed by atoms with Gasteiger partial charge in [-0.15, -0.1) is 11.3 Å². The minimum Gasteiger partial charge on any atom is -0.485 e. The topological polar surface area (TPSA) is 121 Å². The Bertz CT molecular complexity index is 1220. The molecule has 0 spiro atoms. The van der Waals surface area contributed by atoms with Crippen molar-refractivity contribution in [2.24, 2.45) is 5.73 Å². The molecule has 0 saturated heterocycles. The summed E-state index contributed by atoms with van der Waals surface area (Å²) < 4.78 is 16.7. The first-order valence-corrected chi connectivity index (χ1v) is 11.7. The SMILES string of the molecule is CCOC(=O)c1c(NC(=O)c2ccc(COc3cc(C)ccc3C(C)C)o2)sc(C(N)=O)c1C. The number of amides is 2. The number of ether oxygens (including phenoxy) is 2. The molecule has 1 aromatic carbocycles. The number of nitrogens with one attached hydrogen (secondary N) is 1.